The van der Waals surface area contributed by atoms with Crippen molar-refractivity contribution < 1.29 is 14.0 Å². The number of furan rings is 1. The van der Waals surface area contributed by atoms with Gasteiger partial charge in [-0.3, -0.25) is 9.59 Å². The van der Waals surface area contributed by atoms with E-state index in [0.29, 0.717) is 38.0 Å². The van der Waals surface area contributed by atoms with Crippen molar-refractivity contribution in [1.82, 2.24) is 10.2 Å². The molecule has 1 aromatic heterocycles. The third kappa shape index (κ3) is 5.62. The largest absolute Gasteiger partial charge is 0.467 e. The summed E-state index contributed by atoms with van der Waals surface area (Å²) >= 11 is 0. The Kier molecular flexibility index (Phi) is 7.33. The maximum absolute atomic E-state index is 12.8. The molecule has 1 aliphatic heterocycles. The molecule has 0 spiro atoms. The molecule has 1 aliphatic rings. The van der Waals surface area contributed by atoms with Crippen LogP contribution in [0.5, 0.6) is 0 Å². The number of hydrogen-bond acceptors (Lipinski definition) is 4. The van der Waals surface area contributed by atoms with Crippen molar-refractivity contribution in [3.8, 4) is 0 Å². The van der Waals surface area contributed by atoms with Crippen molar-refractivity contribution in [1.29, 1.82) is 0 Å². The molecular weight excluding hydrogens is 366 g/mol. The molecule has 1 fully saturated rings. The molecule has 0 saturated carbocycles. The number of carbonyl (C=O) groups excluding carboxylic acids is 2. The Morgan fingerprint density at radius 2 is 1.90 bits per heavy atom. The molecule has 0 radical (unpaired) electrons. The summed E-state index contributed by atoms with van der Waals surface area (Å²) < 4.78 is 5.24. The molecule has 2 amide bonds. The third-order valence-electron chi connectivity index (χ3n) is 5.57. The Balaban J connectivity index is 1.47. The molecule has 6 heteroatoms. The topological polar surface area (TPSA) is 65.8 Å². The Labute approximate surface area is 172 Å². The van der Waals surface area contributed by atoms with E-state index in [1.165, 1.54) is 0 Å². The fraction of sp³-hybridized carbons (Fsp3) is 0.478. The highest BCUT2D eigenvalue weighted by Gasteiger charge is 2.27. The fourth-order valence-electron chi connectivity index (χ4n) is 3.64. The van der Waals surface area contributed by atoms with Gasteiger partial charge in [0.1, 0.15) is 5.76 Å². The van der Waals surface area contributed by atoms with E-state index >= 15 is 0 Å². The molecule has 29 heavy (non-hydrogen) atoms. The van der Waals surface area contributed by atoms with E-state index in [2.05, 4.69) is 24.2 Å². The number of hydrogen-bond donors (Lipinski definition) is 1. The molecule has 1 aromatic carbocycles. The van der Waals surface area contributed by atoms with Crippen molar-refractivity contribution in [2.75, 3.05) is 31.6 Å². The predicted octanol–water partition coefficient (Wildman–Crippen LogP) is 3.68. The van der Waals surface area contributed by atoms with Gasteiger partial charge in [0.05, 0.1) is 12.8 Å². The zero-order valence-corrected chi connectivity index (χ0v) is 17.4. The zero-order chi connectivity index (χ0) is 20.6. The van der Waals surface area contributed by atoms with Crippen LogP contribution in [0.15, 0.2) is 47.1 Å². The summed E-state index contributed by atoms with van der Waals surface area (Å²) in [6.07, 6.45) is 5.29. The fourth-order valence-corrected chi connectivity index (χ4v) is 3.64. The van der Waals surface area contributed by atoms with E-state index < -0.39 is 0 Å². The molecule has 2 heterocycles. The number of carbonyl (C=O) groups is 2. The van der Waals surface area contributed by atoms with Crippen molar-refractivity contribution in [3.05, 3.63) is 54.0 Å². The van der Waals surface area contributed by atoms with Crippen molar-refractivity contribution in [2.45, 2.75) is 39.2 Å². The number of benzene rings is 1. The van der Waals surface area contributed by atoms with Crippen LogP contribution in [0, 0.1) is 5.92 Å². The first-order chi connectivity index (χ1) is 14.1. The van der Waals surface area contributed by atoms with Gasteiger partial charge >= 0.3 is 0 Å². The predicted molar refractivity (Wildman–Crippen MR) is 114 cm³/mol. The van der Waals surface area contributed by atoms with Crippen LogP contribution in [-0.2, 0) is 11.3 Å². The normalized spacial score (nSPS) is 14.6. The number of unbranched alkanes of at least 4 members (excludes halogenated alkanes) is 1. The van der Waals surface area contributed by atoms with Gasteiger partial charge in [0.2, 0.25) is 5.91 Å². The molecule has 0 unspecified atom stereocenters. The molecule has 3 rings (SSSR count). The van der Waals surface area contributed by atoms with E-state index in [1.807, 2.05) is 35.2 Å². The average molecular weight is 398 g/mol. The second kappa shape index (κ2) is 10.1. The lowest BCUT2D eigenvalue weighted by Gasteiger charge is -2.31. The zero-order valence-electron chi connectivity index (χ0n) is 17.4. The second-order valence-electron chi connectivity index (χ2n) is 7.69. The molecule has 6 nitrogen and oxygen atoms in total. The minimum Gasteiger partial charge on any atom is -0.467 e. The molecule has 156 valence electrons. The maximum atomic E-state index is 12.8. The lowest BCUT2D eigenvalue weighted by Crippen LogP contribution is -2.42. The van der Waals surface area contributed by atoms with Crippen LogP contribution in [0.25, 0.3) is 0 Å². The van der Waals surface area contributed by atoms with E-state index in [1.54, 1.807) is 12.3 Å². The third-order valence-corrected chi connectivity index (χ3v) is 5.57. The van der Waals surface area contributed by atoms with Crippen molar-refractivity contribution >= 4 is 17.5 Å². The summed E-state index contributed by atoms with van der Waals surface area (Å²) in [5.74, 6) is 0.772. The second-order valence-corrected chi connectivity index (χ2v) is 7.69. The minimum absolute atomic E-state index is 0.0352. The number of rotatable bonds is 8. The number of piperidine rings is 1. The standard InChI is InChI=1S/C23H31N3O3/c1-3-4-13-25(2)20-9-7-19(8-10-20)23(28)26-14-11-18(12-15-26)22(27)24-17-21-6-5-16-29-21/h5-10,16,18H,3-4,11-15,17H2,1-2H3,(H,24,27). The highest BCUT2D eigenvalue weighted by atomic mass is 16.3. The molecule has 2 aromatic rings. The van der Waals surface area contributed by atoms with Crippen molar-refractivity contribution in [2.24, 2.45) is 5.92 Å². The average Bonchev–Trinajstić information content (AvgIpc) is 3.29. The monoisotopic (exact) mass is 397 g/mol. The maximum Gasteiger partial charge on any atom is 0.253 e. The van der Waals surface area contributed by atoms with Crippen LogP contribution in [0.3, 0.4) is 0 Å². The van der Waals surface area contributed by atoms with Gasteiger partial charge in [0, 0.05) is 43.9 Å². The van der Waals surface area contributed by atoms with Gasteiger partial charge in [-0.15, -0.1) is 0 Å². The lowest BCUT2D eigenvalue weighted by atomic mass is 9.95. The van der Waals surface area contributed by atoms with Crippen LogP contribution in [-0.4, -0.2) is 43.4 Å². The quantitative estimate of drug-likeness (QED) is 0.738. The summed E-state index contributed by atoms with van der Waals surface area (Å²) in [5.41, 5.74) is 1.83. The van der Waals surface area contributed by atoms with Crippen LogP contribution in [0.2, 0.25) is 0 Å². The van der Waals surface area contributed by atoms with Crippen LogP contribution < -0.4 is 10.2 Å². The minimum atomic E-state index is -0.0522. The van der Waals surface area contributed by atoms with Crippen LogP contribution in [0.1, 0.15) is 48.7 Å². The molecule has 0 aliphatic carbocycles. The summed E-state index contributed by atoms with van der Waals surface area (Å²) in [6, 6.07) is 11.5. The molecular formula is C23H31N3O3. The van der Waals surface area contributed by atoms with Gasteiger partial charge in [0.15, 0.2) is 0 Å². The molecule has 1 saturated heterocycles. The van der Waals surface area contributed by atoms with Crippen LogP contribution >= 0.6 is 0 Å². The summed E-state index contributed by atoms with van der Waals surface area (Å²) in [6.45, 7) is 4.82. The van der Waals surface area contributed by atoms with Gasteiger partial charge in [-0.2, -0.15) is 0 Å². The number of anilines is 1. The van der Waals surface area contributed by atoms with E-state index in [-0.39, 0.29) is 17.7 Å². The highest BCUT2D eigenvalue weighted by molar-refractivity contribution is 5.94. The summed E-state index contributed by atoms with van der Waals surface area (Å²) in [5, 5.41) is 2.92. The van der Waals surface area contributed by atoms with E-state index in [9.17, 15) is 9.59 Å². The lowest BCUT2D eigenvalue weighted by molar-refractivity contribution is -0.126. The highest BCUT2D eigenvalue weighted by Crippen LogP contribution is 2.21. The van der Waals surface area contributed by atoms with Crippen molar-refractivity contribution in [3.63, 3.8) is 0 Å². The van der Waals surface area contributed by atoms with Gasteiger partial charge in [-0.05, 0) is 55.7 Å². The summed E-state index contributed by atoms with van der Waals surface area (Å²) in [7, 11) is 2.08. The smallest absolute Gasteiger partial charge is 0.253 e. The molecule has 1 N–H and O–H groups in total. The Hall–Kier alpha value is -2.76. The first-order valence-corrected chi connectivity index (χ1v) is 10.5. The first kappa shape index (κ1) is 21.0. The Bertz CT molecular complexity index is 778. The molecule has 0 bridgehead atoms. The van der Waals surface area contributed by atoms with E-state index in [0.717, 1.165) is 30.8 Å². The van der Waals surface area contributed by atoms with Gasteiger partial charge in [0.25, 0.3) is 5.91 Å². The number of likely N-dealkylation sites (tertiary alicyclic amines) is 1. The van der Waals surface area contributed by atoms with Gasteiger partial charge in [-0.25, -0.2) is 0 Å². The Morgan fingerprint density at radius 3 is 2.52 bits per heavy atom. The van der Waals surface area contributed by atoms with Gasteiger partial charge < -0.3 is 19.5 Å². The van der Waals surface area contributed by atoms with Crippen LogP contribution in [0.4, 0.5) is 5.69 Å². The summed E-state index contributed by atoms with van der Waals surface area (Å²) in [4.78, 5) is 29.2. The SMILES string of the molecule is CCCCN(C)c1ccc(C(=O)N2CCC(C(=O)NCc3ccco3)CC2)cc1. The number of amides is 2. The first-order valence-electron chi connectivity index (χ1n) is 10.5. The molecule has 0 atom stereocenters. The van der Waals surface area contributed by atoms with E-state index in [4.69, 9.17) is 4.42 Å². The number of nitrogens with one attached hydrogen (secondary N) is 1. The Morgan fingerprint density at radius 1 is 1.17 bits per heavy atom. The van der Waals surface area contributed by atoms with Gasteiger partial charge in [-0.1, -0.05) is 13.3 Å². The number of nitrogens with zero attached hydrogens (tertiary/aromatic N) is 2.